The monoisotopic (exact) mass is 490 g/mol. The van der Waals surface area contributed by atoms with Crippen molar-refractivity contribution in [2.75, 3.05) is 45.9 Å². The van der Waals surface area contributed by atoms with Crippen LogP contribution in [0.15, 0.2) is 53.7 Å². The summed E-state index contributed by atoms with van der Waals surface area (Å²) in [5, 5.41) is 7.32. The van der Waals surface area contributed by atoms with Gasteiger partial charge in [-0.05, 0) is 35.1 Å². The molecular weight excluding hydrogens is 452 g/mol. The standard InChI is InChI=1S/C29H38N4O3/c1-21(34)30-17-23-9-10-24-26(15-23)35-19-25-27(36-31-28(24)25)18-32-11-13-33(14-12-32)20-29(2,3)16-22-7-5-4-6-8-22/h4-10,15,25,27H,11-14,16-20H2,1-3H3,(H,30,34). The number of carbonyl (C=O) groups excluding carboxylic acids is 1. The second kappa shape index (κ2) is 10.6. The van der Waals surface area contributed by atoms with Crippen molar-refractivity contribution in [3.8, 4) is 5.75 Å². The highest BCUT2D eigenvalue weighted by molar-refractivity contribution is 6.06. The maximum atomic E-state index is 11.2. The molecule has 0 saturated carbocycles. The van der Waals surface area contributed by atoms with Gasteiger partial charge < -0.3 is 19.8 Å². The van der Waals surface area contributed by atoms with Crippen molar-refractivity contribution in [3.05, 3.63) is 65.2 Å². The molecule has 3 aliphatic rings. The molecule has 3 heterocycles. The van der Waals surface area contributed by atoms with Crippen LogP contribution in [0.3, 0.4) is 0 Å². The molecule has 2 aromatic rings. The van der Waals surface area contributed by atoms with E-state index in [4.69, 9.17) is 9.57 Å². The van der Waals surface area contributed by atoms with Gasteiger partial charge in [0, 0.05) is 58.3 Å². The van der Waals surface area contributed by atoms with Gasteiger partial charge in [-0.1, -0.05) is 55.4 Å². The lowest BCUT2D eigenvalue weighted by atomic mass is 9.85. The van der Waals surface area contributed by atoms with E-state index in [1.165, 1.54) is 12.5 Å². The number of piperazine rings is 1. The average Bonchev–Trinajstić information content (AvgIpc) is 3.27. The Bertz CT molecular complexity index is 1090. The fourth-order valence-corrected chi connectivity index (χ4v) is 5.65. The Balaban J connectivity index is 1.11. The zero-order valence-electron chi connectivity index (χ0n) is 21.7. The molecular formula is C29H38N4O3. The third-order valence-electron chi connectivity index (χ3n) is 7.45. The normalized spacial score (nSPS) is 22.1. The molecule has 1 N–H and O–H groups in total. The number of ether oxygens (including phenoxy) is 1. The number of rotatable bonds is 8. The number of hydrogen-bond acceptors (Lipinski definition) is 6. The van der Waals surface area contributed by atoms with Gasteiger partial charge in [-0.2, -0.15) is 0 Å². The van der Waals surface area contributed by atoms with Crippen molar-refractivity contribution in [2.45, 2.75) is 39.8 Å². The highest BCUT2D eigenvalue weighted by Crippen LogP contribution is 2.35. The summed E-state index contributed by atoms with van der Waals surface area (Å²) in [4.78, 5) is 22.3. The minimum absolute atomic E-state index is 0.0216. The Kier molecular flexibility index (Phi) is 7.30. The number of nitrogens with one attached hydrogen (secondary N) is 1. The van der Waals surface area contributed by atoms with Crippen LogP contribution in [0.2, 0.25) is 0 Å². The molecule has 0 bridgehead atoms. The quantitative estimate of drug-likeness (QED) is 0.615. The van der Waals surface area contributed by atoms with Gasteiger partial charge in [0.25, 0.3) is 0 Å². The summed E-state index contributed by atoms with van der Waals surface area (Å²) < 4.78 is 6.12. The Labute approximate surface area is 214 Å². The number of nitrogens with zero attached hydrogens (tertiary/aromatic N) is 3. The number of amides is 1. The number of fused-ring (bicyclic) bond motifs is 3. The molecule has 0 aromatic heterocycles. The van der Waals surface area contributed by atoms with Crippen LogP contribution in [0.25, 0.3) is 0 Å². The average molecular weight is 491 g/mol. The van der Waals surface area contributed by atoms with Crippen LogP contribution in [-0.4, -0.2) is 73.4 Å². The number of carbonyl (C=O) groups is 1. The third-order valence-corrected chi connectivity index (χ3v) is 7.45. The molecule has 2 unspecified atom stereocenters. The summed E-state index contributed by atoms with van der Waals surface area (Å²) in [7, 11) is 0. The van der Waals surface area contributed by atoms with E-state index in [2.05, 4.69) is 64.5 Å². The topological polar surface area (TPSA) is 66.4 Å². The van der Waals surface area contributed by atoms with E-state index in [-0.39, 0.29) is 23.3 Å². The first-order valence-corrected chi connectivity index (χ1v) is 13.1. The Hall–Kier alpha value is -2.90. The largest absolute Gasteiger partial charge is 0.492 e. The first-order chi connectivity index (χ1) is 17.4. The van der Waals surface area contributed by atoms with E-state index in [1.807, 2.05) is 18.2 Å². The molecule has 2 atom stereocenters. The SMILES string of the molecule is CC(=O)NCc1ccc2c(c1)OCC1C2=NOC1CN1CCN(CC(C)(C)Cc2ccccc2)CC1. The highest BCUT2D eigenvalue weighted by Gasteiger charge is 2.41. The molecule has 7 nitrogen and oxygen atoms in total. The van der Waals surface area contributed by atoms with Crippen LogP contribution < -0.4 is 10.1 Å². The lowest BCUT2D eigenvalue weighted by Crippen LogP contribution is -2.52. The minimum Gasteiger partial charge on any atom is -0.492 e. The van der Waals surface area contributed by atoms with E-state index in [0.29, 0.717) is 13.2 Å². The second-order valence-electron chi connectivity index (χ2n) is 11.2. The molecule has 0 radical (unpaired) electrons. The van der Waals surface area contributed by atoms with Crippen molar-refractivity contribution in [1.29, 1.82) is 0 Å². The Morgan fingerprint density at radius 1 is 1.06 bits per heavy atom. The van der Waals surface area contributed by atoms with Gasteiger partial charge in [0.15, 0.2) is 6.10 Å². The molecule has 1 saturated heterocycles. The fraction of sp³-hybridized carbons (Fsp3) is 0.517. The highest BCUT2D eigenvalue weighted by atomic mass is 16.6. The molecule has 7 heteroatoms. The molecule has 1 fully saturated rings. The summed E-state index contributed by atoms with van der Waals surface area (Å²) >= 11 is 0. The Morgan fingerprint density at radius 2 is 1.81 bits per heavy atom. The summed E-state index contributed by atoms with van der Waals surface area (Å²) in [6.45, 7) is 13.6. The van der Waals surface area contributed by atoms with Crippen molar-refractivity contribution in [3.63, 3.8) is 0 Å². The summed E-state index contributed by atoms with van der Waals surface area (Å²) in [5.74, 6) is 0.937. The van der Waals surface area contributed by atoms with E-state index in [9.17, 15) is 4.79 Å². The Morgan fingerprint density at radius 3 is 2.56 bits per heavy atom. The number of hydrogen-bond donors (Lipinski definition) is 1. The minimum atomic E-state index is -0.0400. The maximum absolute atomic E-state index is 11.2. The van der Waals surface area contributed by atoms with E-state index in [1.54, 1.807) is 0 Å². The van der Waals surface area contributed by atoms with Crippen LogP contribution in [0.4, 0.5) is 0 Å². The predicted octanol–water partition coefficient (Wildman–Crippen LogP) is 3.32. The summed E-state index contributed by atoms with van der Waals surface area (Å²) in [6, 6.07) is 16.9. The lowest BCUT2D eigenvalue weighted by molar-refractivity contribution is -0.119. The summed E-state index contributed by atoms with van der Waals surface area (Å²) in [5.41, 5.74) is 4.67. The van der Waals surface area contributed by atoms with Gasteiger partial charge in [-0.25, -0.2) is 0 Å². The first-order valence-electron chi connectivity index (χ1n) is 13.1. The fourth-order valence-electron chi connectivity index (χ4n) is 5.65. The summed E-state index contributed by atoms with van der Waals surface area (Å²) in [6.07, 6.45) is 1.12. The molecule has 36 heavy (non-hydrogen) atoms. The van der Waals surface area contributed by atoms with Crippen LogP contribution in [0.5, 0.6) is 5.75 Å². The molecule has 5 rings (SSSR count). The van der Waals surface area contributed by atoms with Crippen molar-refractivity contribution in [2.24, 2.45) is 16.5 Å². The van der Waals surface area contributed by atoms with Gasteiger partial charge >= 0.3 is 0 Å². The zero-order valence-corrected chi connectivity index (χ0v) is 21.7. The zero-order chi connectivity index (χ0) is 25.1. The second-order valence-corrected chi connectivity index (χ2v) is 11.2. The molecule has 0 aliphatic carbocycles. The molecule has 3 aliphatic heterocycles. The van der Waals surface area contributed by atoms with Gasteiger partial charge in [-0.15, -0.1) is 0 Å². The molecule has 2 aromatic carbocycles. The van der Waals surface area contributed by atoms with Crippen molar-refractivity contribution in [1.82, 2.24) is 15.1 Å². The van der Waals surface area contributed by atoms with E-state index in [0.717, 1.165) is 68.3 Å². The number of oxime groups is 1. The number of benzene rings is 2. The molecule has 0 spiro atoms. The van der Waals surface area contributed by atoms with Crippen LogP contribution in [0.1, 0.15) is 37.5 Å². The van der Waals surface area contributed by atoms with Crippen LogP contribution in [-0.2, 0) is 22.6 Å². The predicted molar refractivity (Wildman–Crippen MR) is 141 cm³/mol. The van der Waals surface area contributed by atoms with Crippen LogP contribution in [0, 0.1) is 11.3 Å². The van der Waals surface area contributed by atoms with Gasteiger partial charge in [-0.3, -0.25) is 9.69 Å². The van der Waals surface area contributed by atoms with E-state index >= 15 is 0 Å². The van der Waals surface area contributed by atoms with Crippen molar-refractivity contribution >= 4 is 11.6 Å². The van der Waals surface area contributed by atoms with Gasteiger partial charge in [0.2, 0.25) is 5.91 Å². The smallest absolute Gasteiger partial charge is 0.217 e. The van der Waals surface area contributed by atoms with Gasteiger partial charge in [0.1, 0.15) is 18.1 Å². The molecule has 1 amide bonds. The lowest BCUT2D eigenvalue weighted by Gasteiger charge is -2.40. The molecule has 192 valence electrons. The van der Waals surface area contributed by atoms with Crippen molar-refractivity contribution < 1.29 is 14.4 Å². The van der Waals surface area contributed by atoms with E-state index < -0.39 is 0 Å². The van der Waals surface area contributed by atoms with Gasteiger partial charge in [0.05, 0.1) is 5.92 Å². The van der Waals surface area contributed by atoms with Crippen LogP contribution >= 0.6 is 0 Å². The first kappa shape index (κ1) is 24.8. The third kappa shape index (κ3) is 5.90. The maximum Gasteiger partial charge on any atom is 0.217 e.